The average Bonchev–Trinajstić information content (AvgIpc) is 3.27. The van der Waals surface area contributed by atoms with Crippen molar-refractivity contribution in [2.45, 2.75) is 45.1 Å². The highest BCUT2D eigenvalue weighted by Gasteiger charge is 2.29. The number of aromatic nitrogens is 5. The van der Waals surface area contributed by atoms with Crippen molar-refractivity contribution in [1.29, 1.82) is 0 Å². The van der Waals surface area contributed by atoms with E-state index in [4.69, 9.17) is 5.10 Å². The normalized spacial score (nSPS) is 21.3. The molecule has 6 nitrogen and oxygen atoms in total. The first-order chi connectivity index (χ1) is 11.3. The van der Waals surface area contributed by atoms with Crippen LogP contribution in [0.15, 0.2) is 12.5 Å². The predicted octanol–water partition coefficient (Wildman–Crippen LogP) is 2.63. The van der Waals surface area contributed by atoms with Gasteiger partial charge in [0.1, 0.15) is 0 Å². The molecule has 3 aromatic rings. The van der Waals surface area contributed by atoms with Crippen LogP contribution in [0.25, 0.3) is 4.96 Å². The molecule has 7 heteroatoms. The smallest absolute Gasteiger partial charge is 0.214 e. The topological polar surface area (TPSA) is 51.2 Å². The fourth-order valence-corrected chi connectivity index (χ4v) is 4.84. The second-order valence-electron chi connectivity index (χ2n) is 6.63. The molecule has 5 rings (SSSR count). The molecule has 0 saturated carbocycles. The quantitative estimate of drug-likeness (QED) is 0.726. The van der Waals surface area contributed by atoms with Gasteiger partial charge in [0.25, 0.3) is 0 Å². The molecular weight excluding hydrogens is 308 g/mol. The third kappa shape index (κ3) is 2.17. The van der Waals surface area contributed by atoms with Crippen LogP contribution in [0.3, 0.4) is 0 Å². The highest BCUT2D eigenvalue weighted by molar-refractivity contribution is 7.20. The van der Waals surface area contributed by atoms with E-state index in [0.29, 0.717) is 6.04 Å². The third-order valence-electron chi connectivity index (χ3n) is 5.04. The van der Waals surface area contributed by atoms with Gasteiger partial charge >= 0.3 is 0 Å². The fourth-order valence-electron chi connectivity index (χ4n) is 3.88. The summed E-state index contributed by atoms with van der Waals surface area (Å²) in [7, 11) is 0. The Bertz CT molecular complexity index is 828. The van der Waals surface area contributed by atoms with Crippen molar-refractivity contribution in [3.8, 4) is 0 Å². The monoisotopic (exact) mass is 328 g/mol. The standard InChI is InChI=1S/C16H20N6S/c1-11-8-22-15(18-11)23-16(19-22)20-7-6-12(9-20)21-10-17-13-4-2-3-5-14(13)21/h8,10,12H,2-7,9H2,1H3/t12-/m1/s1. The molecule has 0 spiro atoms. The minimum absolute atomic E-state index is 0.530. The number of hydrogen-bond donors (Lipinski definition) is 0. The second-order valence-corrected chi connectivity index (χ2v) is 7.57. The van der Waals surface area contributed by atoms with Crippen LogP contribution in [0.5, 0.6) is 0 Å². The Kier molecular flexibility index (Phi) is 2.98. The first-order valence-electron chi connectivity index (χ1n) is 8.40. The van der Waals surface area contributed by atoms with Gasteiger partial charge in [-0.05, 0) is 39.0 Å². The van der Waals surface area contributed by atoms with E-state index in [-0.39, 0.29) is 0 Å². The zero-order valence-corrected chi connectivity index (χ0v) is 14.1. The fraction of sp³-hybridized carbons (Fsp3) is 0.562. The zero-order valence-electron chi connectivity index (χ0n) is 13.3. The van der Waals surface area contributed by atoms with Crippen molar-refractivity contribution in [3.63, 3.8) is 0 Å². The number of imidazole rings is 2. The summed E-state index contributed by atoms with van der Waals surface area (Å²) in [5.74, 6) is 0. The lowest BCUT2D eigenvalue weighted by Crippen LogP contribution is -2.21. The van der Waals surface area contributed by atoms with Crippen molar-refractivity contribution < 1.29 is 0 Å². The van der Waals surface area contributed by atoms with Crippen LogP contribution >= 0.6 is 11.3 Å². The van der Waals surface area contributed by atoms with Gasteiger partial charge in [0, 0.05) is 18.8 Å². The summed E-state index contributed by atoms with van der Waals surface area (Å²) in [4.78, 5) is 12.5. The predicted molar refractivity (Wildman–Crippen MR) is 90.3 cm³/mol. The molecule has 23 heavy (non-hydrogen) atoms. The Morgan fingerprint density at radius 2 is 2.17 bits per heavy atom. The van der Waals surface area contributed by atoms with Gasteiger partial charge in [0.05, 0.1) is 30.0 Å². The maximum atomic E-state index is 4.69. The van der Waals surface area contributed by atoms with Gasteiger partial charge < -0.3 is 9.47 Å². The molecule has 1 saturated heterocycles. The number of fused-ring (bicyclic) bond motifs is 2. The van der Waals surface area contributed by atoms with Gasteiger partial charge in [-0.15, -0.1) is 5.10 Å². The minimum atomic E-state index is 0.530. The molecule has 1 atom stereocenters. The first-order valence-corrected chi connectivity index (χ1v) is 9.22. The zero-order chi connectivity index (χ0) is 15.4. The number of aryl methyl sites for hydroxylation is 2. The lowest BCUT2D eigenvalue weighted by Gasteiger charge is -2.19. The van der Waals surface area contributed by atoms with Gasteiger partial charge in [-0.2, -0.15) is 0 Å². The molecule has 2 aliphatic rings. The van der Waals surface area contributed by atoms with Crippen LogP contribution in [0.2, 0.25) is 0 Å². The molecule has 0 amide bonds. The minimum Gasteiger partial charge on any atom is -0.344 e. The maximum absolute atomic E-state index is 4.69. The van der Waals surface area contributed by atoms with Crippen LogP contribution in [0, 0.1) is 6.92 Å². The summed E-state index contributed by atoms with van der Waals surface area (Å²) >= 11 is 1.69. The SMILES string of the molecule is Cc1cn2nc(N3CC[C@@H](n4cnc5c4CCCC5)C3)sc2n1. The van der Waals surface area contributed by atoms with E-state index in [1.807, 2.05) is 17.6 Å². The van der Waals surface area contributed by atoms with Crippen molar-refractivity contribution in [2.75, 3.05) is 18.0 Å². The van der Waals surface area contributed by atoms with Crippen LogP contribution < -0.4 is 4.90 Å². The molecule has 120 valence electrons. The van der Waals surface area contributed by atoms with Gasteiger partial charge in [-0.1, -0.05) is 11.3 Å². The van der Waals surface area contributed by atoms with Crippen molar-refractivity contribution in [2.24, 2.45) is 0 Å². The summed E-state index contributed by atoms with van der Waals surface area (Å²) in [6.07, 6.45) is 10.2. The Morgan fingerprint density at radius 1 is 1.26 bits per heavy atom. The first kappa shape index (κ1) is 13.5. The Hall–Kier alpha value is -1.89. The molecule has 0 radical (unpaired) electrons. The van der Waals surface area contributed by atoms with Gasteiger partial charge in [0.2, 0.25) is 10.1 Å². The highest BCUT2D eigenvalue weighted by Crippen LogP contribution is 2.32. The molecule has 1 aliphatic heterocycles. The summed E-state index contributed by atoms with van der Waals surface area (Å²) in [6, 6.07) is 0.530. The number of anilines is 1. The lowest BCUT2D eigenvalue weighted by atomic mass is 10.0. The average molecular weight is 328 g/mol. The highest BCUT2D eigenvalue weighted by atomic mass is 32.1. The van der Waals surface area contributed by atoms with E-state index < -0.39 is 0 Å². The Morgan fingerprint density at radius 3 is 3.09 bits per heavy atom. The van der Waals surface area contributed by atoms with Crippen molar-refractivity contribution in [3.05, 3.63) is 29.6 Å². The molecule has 4 heterocycles. The van der Waals surface area contributed by atoms with E-state index in [2.05, 4.69) is 25.8 Å². The van der Waals surface area contributed by atoms with E-state index in [1.54, 1.807) is 11.3 Å². The summed E-state index contributed by atoms with van der Waals surface area (Å²) < 4.78 is 4.35. The van der Waals surface area contributed by atoms with Crippen molar-refractivity contribution in [1.82, 2.24) is 24.1 Å². The maximum Gasteiger partial charge on any atom is 0.214 e. The van der Waals surface area contributed by atoms with Gasteiger partial charge in [0.15, 0.2) is 0 Å². The lowest BCUT2D eigenvalue weighted by molar-refractivity contribution is 0.515. The van der Waals surface area contributed by atoms with E-state index in [1.165, 1.54) is 37.1 Å². The largest absolute Gasteiger partial charge is 0.344 e. The number of hydrogen-bond acceptors (Lipinski definition) is 5. The summed E-state index contributed by atoms with van der Waals surface area (Å²) in [5.41, 5.74) is 3.84. The van der Waals surface area contributed by atoms with E-state index >= 15 is 0 Å². The third-order valence-corrected chi connectivity index (χ3v) is 6.02. The molecule has 0 unspecified atom stereocenters. The second kappa shape index (κ2) is 5.06. The van der Waals surface area contributed by atoms with Crippen molar-refractivity contribution >= 4 is 21.4 Å². The van der Waals surface area contributed by atoms with Gasteiger partial charge in [-0.3, -0.25) is 0 Å². The molecule has 1 aliphatic carbocycles. The summed E-state index contributed by atoms with van der Waals surface area (Å²) in [5, 5.41) is 5.78. The van der Waals surface area contributed by atoms with E-state index in [0.717, 1.165) is 35.3 Å². The van der Waals surface area contributed by atoms with Crippen LogP contribution in [0.4, 0.5) is 5.13 Å². The molecule has 0 N–H and O–H groups in total. The van der Waals surface area contributed by atoms with E-state index in [9.17, 15) is 0 Å². The Balaban J connectivity index is 1.39. The van der Waals surface area contributed by atoms with Gasteiger partial charge in [-0.25, -0.2) is 14.5 Å². The molecule has 0 bridgehead atoms. The molecular formula is C16H20N6S. The number of nitrogens with zero attached hydrogens (tertiary/aromatic N) is 6. The summed E-state index contributed by atoms with van der Waals surface area (Å²) in [6.45, 7) is 4.10. The molecule has 1 fully saturated rings. The molecule has 0 aromatic carbocycles. The number of rotatable bonds is 2. The van der Waals surface area contributed by atoms with Crippen LogP contribution in [-0.2, 0) is 12.8 Å². The molecule has 3 aromatic heterocycles. The van der Waals surface area contributed by atoms with Crippen LogP contribution in [0.1, 0.15) is 42.4 Å². The Labute approximate surface area is 138 Å². The van der Waals surface area contributed by atoms with Crippen LogP contribution in [-0.4, -0.2) is 37.2 Å².